The summed E-state index contributed by atoms with van der Waals surface area (Å²) in [5.41, 5.74) is 1.66. The highest BCUT2D eigenvalue weighted by atomic mass is 16.5. The summed E-state index contributed by atoms with van der Waals surface area (Å²) in [6.07, 6.45) is 1.73. The van der Waals surface area contributed by atoms with Crippen LogP contribution in [-0.2, 0) is 6.42 Å². The second-order valence-corrected chi connectivity index (χ2v) is 4.72. The van der Waals surface area contributed by atoms with E-state index in [4.69, 9.17) is 4.74 Å². The van der Waals surface area contributed by atoms with Gasteiger partial charge in [0, 0.05) is 12.1 Å². The third-order valence-electron chi connectivity index (χ3n) is 2.98. The van der Waals surface area contributed by atoms with Crippen molar-refractivity contribution in [1.29, 1.82) is 0 Å². The molecular formula is C15H20N4O2. The summed E-state index contributed by atoms with van der Waals surface area (Å²) in [6, 6.07) is 5.53. The molecule has 0 spiro atoms. The van der Waals surface area contributed by atoms with Crippen LogP contribution in [0, 0.1) is 6.92 Å². The number of amides is 1. The van der Waals surface area contributed by atoms with E-state index in [1.54, 1.807) is 0 Å². The van der Waals surface area contributed by atoms with E-state index in [-0.39, 0.29) is 11.7 Å². The lowest BCUT2D eigenvalue weighted by Gasteiger charge is -2.09. The third-order valence-corrected chi connectivity index (χ3v) is 2.98. The molecule has 2 aromatic rings. The molecule has 1 heterocycles. The molecule has 0 aliphatic carbocycles. The predicted molar refractivity (Wildman–Crippen MR) is 80.7 cm³/mol. The van der Waals surface area contributed by atoms with E-state index in [9.17, 15) is 4.79 Å². The highest BCUT2D eigenvalue weighted by molar-refractivity contribution is 6.01. The van der Waals surface area contributed by atoms with Gasteiger partial charge in [0.05, 0.1) is 6.61 Å². The van der Waals surface area contributed by atoms with Crippen LogP contribution in [0.3, 0.4) is 0 Å². The summed E-state index contributed by atoms with van der Waals surface area (Å²) in [5, 5.41) is 9.52. The van der Waals surface area contributed by atoms with Gasteiger partial charge in [-0.05, 0) is 44.0 Å². The molecule has 0 aliphatic heterocycles. The van der Waals surface area contributed by atoms with Crippen LogP contribution in [0.25, 0.3) is 0 Å². The third kappa shape index (κ3) is 3.81. The number of H-pyrrole nitrogens is 1. The zero-order valence-electron chi connectivity index (χ0n) is 12.6. The van der Waals surface area contributed by atoms with Crippen molar-refractivity contribution >= 4 is 11.6 Å². The number of carbonyl (C=O) groups excluding carboxylic acids is 1. The number of hydrogen-bond donors (Lipinski definition) is 2. The summed E-state index contributed by atoms with van der Waals surface area (Å²) < 4.78 is 5.42. The number of rotatable bonds is 6. The van der Waals surface area contributed by atoms with E-state index in [0.717, 1.165) is 35.7 Å². The summed E-state index contributed by atoms with van der Waals surface area (Å²) in [7, 11) is 0. The molecule has 0 unspecified atom stereocenters. The Morgan fingerprint density at radius 3 is 2.86 bits per heavy atom. The number of ether oxygens (including phenoxy) is 1. The molecule has 0 saturated heterocycles. The summed E-state index contributed by atoms with van der Waals surface area (Å²) >= 11 is 0. The maximum Gasteiger partial charge on any atom is 0.295 e. The van der Waals surface area contributed by atoms with E-state index in [2.05, 4.69) is 20.5 Å². The van der Waals surface area contributed by atoms with Crippen LogP contribution >= 0.6 is 0 Å². The van der Waals surface area contributed by atoms with Gasteiger partial charge in [0.25, 0.3) is 5.91 Å². The number of nitrogens with one attached hydrogen (secondary N) is 2. The molecule has 0 radical (unpaired) electrons. The lowest BCUT2D eigenvalue weighted by atomic mass is 10.2. The first-order valence-corrected chi connectivity index (χ1v) is 7.10. The second kappa shape index (κ2) is 6.88. The van der Waals surface area contributed by atoms with Crippen LogP contribution in [0.5, 0.6) is 5.75 Å². The fourth-order valence-electron chi connectivity index (χ4n) is 1.96. The van der Waals surface area contributed by atoms with Gasteiger partial charge in [-0.3, -0.25) is 9.89 Å². The Labute approximate surface area is 123 Å². The van der Waals surface area contributed by atoms with Crippen molar-refractivity contribution in [3.8, 4) is 5.75 Å². The molecule has 2 N–H and O–H groups in total. The van der Waals surface area contributed by atoms with Gasteiger partial charge in [0.15, 0.2) is 0 Å². The fraction of sp³-hybridized carbons (Fsp3) is 0.400. The minimum Gasteiger partial charge on any atom is -0.494 e. The fourth-order valence-corrected chi connectivity index (χ4v) is 1.96. The van der Waals surface area contributed by atoms with Crippen LogP contribution in [0.1, 0.15) is 42.3 Å². The van der Waals surface area contributed by atoms with Crippen molar-refractivity contribution in [2.45, 2.75) is 33.6 Å². The number of hydrogen-bond acceptors (Lipinski definition) is 4. The van der Waals surface area contributed by atoms with E-state index in [1.807, 2.05) is 39.0 Å². The van der Waals surface area contributed by atoms with Gasteiger partial charge in [0.2, 0.25) is 5.82 Å². The first kappa shape index (κ1) is 15.0. The molecule has 1 aromatic carbocycles. The van der Waals surface area contributed by atoms with E-state index >= 15 is 0 Å². The molecule has 0 fully saturated rings. The van der Waals surface area contributed by atoms with Gasteiger partial charge in [0.1, 0.15) is 11.6 Å². The lowest BCUT2D eigenvalue weighted by Crippen LogP contribution is -2.14. The van der Waals surface area contributed by atoms with Crippen LogP contribution in [0.15, 0.2) is 18.2 Å². The van der Waals surface area contributed by atoms with Crippen molar-refractivity contribution in [2.75, 3.05) is 11.9 Å². The maximum absolute atomic E-state index is 12.1. The lowest BCUT2D eigenvalue weighted by molar-refractivity contribution is 0.101. The van der Waals surface area contributed by atoms with Crippen LogP contribution < -0.4 is 10.1 Å². The monoisotopic (exact) mass is 288 g/mol. The molecule has 21 heavy (non-hydrogen) atoms. The molecular weight excluding hydrogens is 268 g/mol. The first-order valence-electron chi connectivity index (χ1n) is 7.10. The molecule has 112 valence electrons. The van der Waals surface area contributed by atoms with E-state index in [1.165, 1.54) is 0 Å². The van der Waals surface area contributed by atoms with Gasteiger partial charge in [-0.25, -0.2) is 4.98 Å². The van der Waals surface area contributed by atoms with Crippen LogP contribution in [0.4, 0.5) is 5.69 Å². The predicted octanol–water partition coefficient (Wildman–Crippen LogP) is 2.72. The number of aromatic amines is 1. The average molecular weight is 288 g/mol. The Morgan fingerprint density at radius 1 is 1.38 bits per heavy atom. The number of aryl methyl sites for hydroxylation is 2. The molecule has 1 amide bonds. The Hall–Kier alpha value is -2.37. The molecule has 1 aromatic heterocycles. The van der Waals surface area contributed by atoms with Crippen LogP contribution in [-0.4, -0.2) is 27.7 Å². The molecule has 6 heteroatoms. The van der Waals surface area contributed by atoms with Crippen molar-refractivity contribution in [3.05, 3.63) is 35.4 Å². The number of aromatic nitrogens is 3. The van der Waals surface area contributed by atoms with Crippen molar-refractivity contribution in [1.82, 2.24) is 15.2 Å². The van der Waals surface area contributed by atoms with Gasteiger partial charge in [-0.15, -0.1) is 5.10 Å². The van der Waals surface area contributed by atoms with Gasteiger partial charge >= 0.3 is 0 Å². The standard InChI is InChI=1S/C15H20N4O2/c1-4-6-13-17-14(19-18-13)15(20)16-12-8-7-11(21-5-2)9-10(12)3/h7-9H,4-6H2,1-3H3,(H,16,20)(H,17,18,19). The molecule has 0 saturated carbocycles. The van der Waals surface area contributed by atoms with E-state index in [0.29, 0.717) is 6.61 Å². The van der Waals surface area contributed by atoms with Crippen molar-refractivity contribution < 1.29 is 9.53 Å². The van der Waals surface area contributed by atoms with Gasteiger partial charge < -0.3 is 10.1 Å². The quantitative estimate of drug-likeness (QED) is 0.856. The zero-order valence-corrected chi connectivity index (χ0v) is 12.6. The van der Waals surface area contributed by atoms with Crippen LogP contribution in [0.2, 0.25) is 0 Å². The Morgan fingerprint density at radius 2 is 2.19 bits per heavy atom. The minimum atomic E-state index is -0.319. The normalized spacial score (nSPS) is 10.4. The topological polar surface area (TPSA) is 79.9 Å². The Balaban J connectivity index is 2.08. The highest BCUT2D eigenvalue weighted by Crippen LogP contribution is 2.21. The molecule has 0 bridgehead atoms. The number of anilines is 1. The summed E-state index contributed by atoms with van der Waals surface area (Å²) in [5.74, 6) is 1.36. The zero-order chi connectivity index (χ0) is 15.2. The average Bonchev–Trinajstić information content (AvgIpc) is 2.91. The maximum atomic E-state index is 12.1. The second-order valence-electron chi connectivity index (χ2n) is 4.72. The molecule has 2 rings (SSSR count). The number of carbonyl (C=O) groups is 1. The summed E-state index contributed by atoms with van der Waals surface area (Å²) in [4.78, 5) is 16.3. The molecule has 6 nitrogen and oxygen atoms in total. The highest BCUT2D eigenvalue weighted by Gasteiger charge is 2.13. The van der Waals surface area contributed by atoms with E-state index < -0.39 is 0 Å². The van der Waals surface area contributed by atoms with Crippen molar-refractivity contribution in [3.63, 3.8) is 0 Å². The minimum absolute atomic E-state index is 0.159. The largest absolute Gasteiger partial charge is 0.494 e. The Kier molecular flexibility index (Phi) is 4.92. The smallest absolute Gasteiger partial charge is 0.295 e. The molecule has 0 aliphatic rings. The van der Waals surface area contributed by atoms with Gasteiger partial charge in [-0.1, -0.05) is 6.92 Å². The van der Waals surface area contributed by atoms with Crippen molar-refractivity contribution in [2.24, 2.45) is 0 Å². The molecule has 0 atom stereocenters. The number of benzene rings is 1. The first-order chi connectivity index (χ1) is 10.1. The Bertz CT molecular complexity index is 622. The number of nitrogens with zero attached hydrogens (tertiary/aromatic N) is 2. The SMILES string of the molecule is CCCc1nc(C(=O)Nc2ccc(OCC)cc2C)n[nH]1. The van der Waals surface area contributed by atoms with Gasteiger partial charge in [-0.2, -0.15) is 0 Å². The summed E-state index contributed by atoms with van der Waals surface area (Å²) in [6.45, 7) is 6.51.